The Hall–Kier alpha value is -3.82. The summed E-state index contributed by atoms with van der Waals surface area (Å²) < 4.78 is 12.9. The van der Waals surface area contributed by atoms with Crippen molar-refractivity contribution in [2.45, 2.75) is 13.5 Å². The van der Waals surface area contributed by atoms with E-state index in [0.29, 0.717) is 12.2 Å². The highest BCUT2D eigenvalue weighted by molar-refractivity contribution is 5.85. The van der Waals surface area contributed by atoms with Gasteiger partial charge >= 0.3 is 0 Å². The molecule has 1 N–H and O–H groups in total. The van der Waals surface area contributed by atoms with Crippen molar-refractivity contribution in [3.05, 3.63) is 83.7 Å². The van der Waals surface area contributed by atoms with E-state index in [0.717, 1.165) is 39.5 Å². The van der Waals surface area contributed by atoms with Crippen LogP contribution in [0.5, 0.6) is 11.5 Å². The van der Waals surface area contributed by atoms with Crippen molar-refractivity contribution in [2.24, 2.45) is 0 Å². The molecule has 0 atom stereocenters. The van der Waals surface area contributed by atoms with Gasteiger partial charge in [0.15, 0.2) is 0 Å². The van der Waals surface area contributed by atoms with E-state index in [1.165, 1.54) is 0 Å². The Morgan fingerprint density at radius 1 is 1.07 bits per heavy atom. The second-order valence-electron chi connectivity index (χ2n) is 6.62. The van der Waals surface area contributed by atoms with Crippen LogP contribution < -0.4 is 10.1 Å². The summed E-state index contributed by atoms with van der Waals surface area (Å²) in [6.07, 6.45) is 3.50. The van der Waals surface area contributed by atoms with Crippen molar-refractivity contribution < 1.29 is 9.47 Å². The zero-order chi connectivity index (χ0) is 20.2. The average molecular weight is 384 g/mol. The molecule has 144 valence electrons. The number of methoxy groups -OCH3 is 1. The van der Waals surface area contributed by atoms with Crippen molar-refractivity contribution in [1.82, 2.24) is 9.61 Å². The first-order chi connectivity index (χ1) is 14.2. The van der Waals surface area contributed by atoms with Crippen LogP contribution in [0.2, 0.25) is 0 Å². The summed E-state index contributed by atoms with van der Waals surface area (Å²) in [7, 11) is 1.66. The van der Waals surface area contributed by atoms with Crippen LogP contribution in [0.1, 0.15) is 16.7 Å². The smallest absolute Gasteiger partial charge is 0.127 e. The summed E-state index contributed by atoms with van der Waals surface area (Å²) in [6, 6.07) is 19.5. The standard InChI is InChI=1S/C23H20N4O2/c1-16-18(15-28-2)14-27-23(16)22(17(12-24)13-25-27)26-19-8-10-21(11-9-19)29-20-6-4-3-5-7-20/h3-11,13-14,26H,15H2,1-2H3. The van der Waals surface area contributed by atoms with Gasteiger partial charge in [0.1, 0.15) is 17.6 Å². The summed E-state index contributed by atoms with van der Waals surface area (Å²) in [5, 5.41) is 17.3. The quantitative estimate of drug-likeness (QED) is 0.495. The Morgan fingerprint density at radius 3 is 2.48 bits per heavy atom. The maximum Gasteiger partial charge on any atom is 0.127 e. The molecule has 0 unspecified atom stereocenters. The first kappa shape index (κ1) is 18.5. The van der Waals surface area contributed by atoms with E-state index in [1.807, 2.05) is 67.7 Å². The lowest BCUT2D eigenvalue weighted by molar-refractivity contribution is 0.184. The molecule has 0 bridgehead atoms. The average Bonchev–Trinajstić information content (AvgIpc) is 3.06. The maximum atomic E-state index is 9.58. The predicted molar refractivity (Wildman–Crippen MR) is 112 cm³/mol. The molecule has 0 fully saturated rings. The van der Waals surface area contributed by atoms with E-state index in [1.54, 1.807) is 17.8 Å². The normalized spacial score (nSPS) is 10.7. The summed E-state index contributed by atoms with van der Waals surface area (Å²) in [5.41, 5.74) is 4.98. The number of hydrogen-bond acceptors (Lipinski definition) is 5. The molecule has 0 aliphatic carbocycles. The summed E-state index contributed by atoms with van der Waals surface area (Å²) in [4.78, 5) is 0. The number of aromatic nitrogens is 2. The molecule has 4 aromatic rings. The van der Waals surface area contributed by atoms with Crippen molar-refractivity contribution in [2.75, 3.05) is 12.4 Å². The first-order valence-electron chi connectivity index (χ1n) is 9.18. The fraction of sp³-hybridized carbons (Fsp3) is 0.130. The lowest BCUT2D eigenvalue weighted by Gasteiger charge is -2.12. The van der Waals surface area contributed by atoms with Gasteiger partial charge < -0.3 is 14.8 Å². The highest BCUT2D eigenvalue weighted by Gasteiger charge is 2.15. The zero-order valence-electron chi connectivity index (χ0n) is 16.2. The minimum absolute atomic E-state index is 0.479. The van der Waals surface area contributed by atoms with Gasteiger partial charge in [-0.2, -0.15) is 10.4 Å². The van der Waals surface area contributed by atoms with E-state index in [9.17, 15) is 5.26 Å². The molecule has 6 nitrogen and oxygen atoms in total. The Labute approximate surface area is 168 Å². The maximum absolute atomic E-state index is 9.58. The number of benzene rings is 2. The number of ether oxygens (including phenoxy) is 2. The van der Waals surface area contributed by atoms with Crippen molar-refractivity contribution >= 4 is 16.9 Å². The summed E-state index contributed by atoms with van der Waals surface area (Å²) in [5.74, 6) is 1.52. The molecule has 0 amide bonds. The molecule has 2 aromatic carbocycles. The van der Waals surface area contributed by atoms with Crippen LogP contribution in [0.3, 0.4) is 0 Å². The monoisotopic (exact) mass is 384 g/mol. The summed E-state index contributed by atoms with van der Waals surface area (Å²) in [6.45, 7) is 2.50. The van der Waals surface area contributed by atoms with E-state index in [-0.39, 0.29) is 0 Å². The van der Waals surface area contributed by atoms with E-state index < -0.39 is 0 Å². The Balaban J connectivity index is 1.65. The molecule has 0 aliphatic heterocycles. The fourth-order valence-electron chi connectivity index (χ4n) is 3.23. The van der Waals surface area contributed by atoms with Gasteiger partial charge in [0.25, 0.3) is 0 Å². The van der Waals surface area contributed by atoms with Crippen LogP contribution in [0, 0.1) is 18.3 Å². The molecule has 0 saturated carbocycles. The van der Waals surface area contributed by atoms with Gasteiger partial charge in [0.05, 0.1) is 29.6 Å². The number of nitriles is 1. The lowest BCUT2D eigenvalue weighted by atomic mass is 10.1. The Bertz CT molecular complexity index is 1180. The molecule has 0 spiro atoms. The van der Waals surface area contributed by atoms with Gasteiger partial charge in [-0.15, -0.1) is 0 Å². The van der Waals surface area contributed by atoms with E-state index >= 15 is 0 Å². The van der Waals surface area contributed by atoms with E-state index in [2.05, 4.69) is 16.5 Å². The molecule has 2 aromatic heterocycles. The second kappa shape index (κ2) is 8.05. The van der Waals surface area contributed by atoms with Gasteiger partial charge in [-0.05, 0) is 48.9 Å². The second-order valence-corrected chi connectivity index (χ2v) is 6.62. The number of nitrogens with one attached hydrogen (secondary N) is 1. The largest absolute Gasteiger partial charge is 0.457 e. The van der Waals surface area contributed by atoms with Crippen LogP contribution in [-0.2, 0) is 11.3 Å². The minimum atomic E-state index is 0.479. The molecule has 0 aliphatic rings. The van der Waals surface area contributed by atoms with Crippen molar-refractivity contribution in [3.8, 4) is 17.6 Å². The number of fused-ring (bicyclic) bond motifs is 1. The predicted octanol–water partition coefficient (Wildman–Crippen LogP) is 5.20. The Morgan fingerprint density at radius 2 is 1.79 bits per heavy atom. The molecule has 29 heavy (non-hydrogen) atoms. The summed E-state index contributed by atoms with van der Waals surface area (Å²) >= 11 is 0. The van der Waals surface area contributed by atoms with Gasteiger partial charge in [-0.25, -0.2) is 4.52 Å². The Kier molecular flexibility index (Phi) is 5.14. The van der Waals surface area contributed by atoms with Gasteiger partial charge in [0.2, 0.25) is 0 Å². The number of rotatable bonds is 6. The third kappa shape index (κ3) is 3.77. The highest BCUT2D eigenvalue weighted by atomic mass is 16.5. The molecule has 4 rings (SSSR count). The first-order valence-corrected chi connectivity index (χ1v) is 9.18. The highest BCUT2D eigenvalue weighted by Crippen LogP contribution is 2.31. The van der Waals surface area contributed by atoms with Crippen molar-refractivity contribution in [3.63, 3.8) is 0 Å². The molecular weight excluding hydrogens is 364 g/mol. The van der Waals surface area contributed by atoms with E-state index in [4.69, 9.17) is 9.47 Å². The molecule has 6 heteroatoms. The number of aryl methyl sites for hydroxylation is 1. The van der Waals surface area contributed by atoms with Crippen LogP contribution in [-0.4, -0.2) is 16.7 Å². The van der Waals surface area contributed by atoms with Gasteiger partial charge in [0, 0.05) is 24.6 Å². The molecule has 0 saturated heterocycles. The molecule has 0 radical (unpaired) electrons. The van der Waals surface area contributed by atoms with Crippen LogP contribution in [0.25, 0.3) is 5.52 Å². The van der Waals surface area contributed by atoms with Crippen LogP contribution in [0.4, 0.5) is 11.4 Å². The minimum Gasteiger partial charge on any atom is -0.457 e. The molecular formula is C23H20N4O2. The third-order valence-electron chi connectivity index (χ3n) is 4.68. The number of anilines is 2. The van der Waals surface area contributed by atoms with Crippen LogP contribution >= 0.6 is 0 Å². The fourth-order valence-corrected chi connectivity index (χ4v) is 3.23. The van der Waals surface area contributed by atoms with Gasteiger partial charge in [-0.1, -0.05) is 18.2 Å². The van der Waals surface area contributed by atoms with Gasteiger partial charge in [-0.3, -0.25) is 0 Å². The topological polar surface area (TPSA) is 71.6 Å². The van der Waals surface area contributed by atoms with Crippen LogP contribution in [0.15, 0.2) is 67.0 Å². The SMILES string of the molecule is COCc1cn2ncc(C#N)c(Nc3ccc(Oc4ccccc4)cc3)c2c1C. The molecule has 2 heterocycles. The number of hydrogen-bond donors (Lipinski definition) is 1. The lowest BCUT2D eigenvalue weighted by Crippen LogP contribution is -2.00. The third-order valence-corrected chi connectivity index (χ3v) is 4.68. The zero-order valence-corrected chi connectivity index (χ0v) is 16.2. The van der Waals surface area contributed by atoms with Crippen molar-refractivity contribution in [1.29, 1.82) is 5.26 Å². The number of nitrogens with zero attached hydrogens (tertiary/aromatic N) is 3. The number of para-hydroxylation sites is 1.